The first-order valence-electron chi connectivity index (χ1n) is 7.40. The number of hydrogen-bond donors (Lipinski definition) is 1. The van der Waals surface area contributed by atoms with Gasteiger partial charge in [-0.05, 0) is 13.3 Å². The second-order valence-corrected chi connectivity index (χ2v) is 5.52. The van der Waals surface area contributed by atoms with Gasteiger partial charge in [-0.15, -0.1) is 0 Å². The minimum atomic E-state index is 0.244. The largest absolute Gasteiger partial charge is 0.492 e. The quantitative estimate of drug-likeness (QED) is 0.860. The molecule has 124 valence electrons. The predicted octanol–water partition coefficient (Wildman–Crippen LogP) is 1.56. The number of nitrogens with two attached hydrogens (primary N) is 1. The molecular weight excluding hydrogens is 284 g/mol. The molecule has 1 heterocycles. The van der Waals surface area contributed by atoms with Crippen molar-refractivity contribution in [2.75, 3.05) is 41.5 Å². The molecule has 0 aliphatic carbocycles. The molecule has 1 aliphatic heterocycles. The lowest BCUT2D eigenvalue weighted by atomic mass is 10.0. The zero-order valence-corrected chi connectivity index (χ0v) is 14.1. The van der Waals surface area contributed by atoms with Crippen molar-refractivity contribution in [1.82, 2.24) is 4.90 Å². The summed E-state index contributed by atoms with van der Waals surface area (Å²) < 4.78 is 22.1. The van der Waals surface area contributed by atoms with E-state index in [2.05, 4.69) is 4.90 Å². The molecule has 6 heteroatoms. The van der Waals surface area contributed by atoms with Crippen molar-refractivity contribution < 1.29 is 18.9 Å². The molecule has 2 N–H and O–H groups in total. The molecule has 1 atom stereocenters. The standard InChI is InChI=1S/C16H26N2O4/c1-10-12(9-18-7-6-11(17)8-18)14(20-3)16(22-5)15(21-4)13(10)19-2/h11H,6-9,17H2,1-5H3. The van der Waals surface area contributed by atoms with E-state index < -0.39 is 0 Å². The Balaban J connectivity index is 2.51. The summed E-state index contributed by atoms with van der Waals surface area (Å²) in [5.74, 6) is 2.49. The fourth-order valence-electron chi connectivity index (χ4n) is 3.07. The van der Waals surface area contributed by atoms with Gasteiger partial charge in [-0.2, -0.15) is 0 Å². The molecule has 6 nitrogen and oxygen atoms in total. The molecular formula is C16H26N2O4. The Labute approximate surface area is 132 Å². The number of hydrogen-bond acceptors (Lipinski definition) is 6. The van der Waals surface area contributed by atoms with E-state index in [1.54, 1.807) is 28.4 Å². The Hall–Kier alpha value is -1.66. The number of likely N-dealkylation sites (tertiary alicyclic amines) is 1. The number of ether oxygens (including phenoxy) is 4. The maximum Gasteiger partial charge on any atom is 0.207 e. The van der Waals surface area contributed by atoms with Crippen LogP contribution in [0.2, 0.25) is 0 Å². The van der Waals surface area contributed by atoms with Crippen LogP contribution >= 0.6 is 0 Å². The molecule has 1 saturated heterocycles. The highest BCUT2D eigenvalue weighted by atomic mass is 16.5. The summed E-state index contributed by atoms with van der Waals surface area (Å²) in [4.78, 5) is 2.32. The Morgan fingerprint density at radius 3 is 1.95 bits per heavy atom. The number of rotatable bonds is 6. The van der Waals surface area contributed by atoms with Gasteiger partial charge in [-0.3, -0.25) is 4.90 Å². The third kappa shape index (κ3) is 2.94. The van der Waals surface area contributed by atoms with E-state index in [9.17, 15) is 0 Å². The number of methoxy groups -OCH3 is 4. The summed E-state index contributed by atoms with van der Waals surface area (Å²) >= 11 is 0. The van der Waals surface area contributed by atoms with Gasteiger partial charge < -0.3 is 24.7 Å². The summed E-state index contributed by atoms with van der Waals surface area (Å²) in [6.45, 7) is 4.63. The Kier molecular flexibility index (Phi) is 5.37. The van der Waals surface area contributed by atoms with Crippen LogP contribution in [0, 0.1) is 6.92 Å². The summed E-state index contributed by atoms with van der Waals surface area (Å²) in [6, 6.07) is 0.244. The monoisotopic (exact) mass is 310 g/mol. The molecule has 1 aliphatic rings. The Bertz CT molecular complexity index is 534. The van der Waals surface area contributed by atoms with Gasteiger partial charge in [0.15, 0.2) is 11.5 Å². The van der Waals surface area contributed by atoms with Gasteiger partial charge in [0, 0.05) is 36.8 Å². The van der Waals surface area contributed by atoms with E-state index in [1.165, 1.54) is 0 Å². The third-order valence-electron chi connectivity index (χ3n) is 4.19. The lowest BCUT2D eigenvalue weighted by molar-refractivity contribution is 0.288. The smallest absolute Gasteiger partial charge is 0.207 e. The highest BCUT2D eigenvalue weighted by Gasteiger charge is 2.28. The van der Waals surface area contributed by atoms with Crippen molar-refractivity contribution >= 4 is 0 Å². The van der Waals surface area contributed by atoms with Crippen LogP contribution in [0.5, 0.6) is 23.0 Å². The predicted molar refractivity (Wildman–Crippen MR) is 85.3 cm³/mol. The summed E-state index contributed by atoms with van der Waals surface area (Å²) in [7, 11) is 6.47. The number of benzene rings is 1. The van der Waals surface area contributed by atoms with Crippen molar-refractivity contribution in [3.05, 3.63) is 11.1 Å². The molecule has 2 rings (SSSR count). The van der Waals surface area contributed by atoms with E-state index in [0.29, 0.717) is 23.0 Å². The van der Waals surface area contributed by atoms with Gasteiger partial charge in [0.1, 0.15) is 0 Å². The van der Waals surface area contributed by atoms with E-state index in [0.717, 1.165) is 37.2 Å². The third-order valence-corrected chi connectivity index (χ3v) is 4.19. The highest BCUT2D eigenvalue weighted by Crippen LogP contribution is 2.49. The van der Waals surface area contributed by atoms with Gasteiger partial charge in [0.25, 0.3) is 0 Å². The molecule has 1 aromatic carbocycles. The van der Waals surface area contributed by atoms with Crippen molar-refractivity contribution in [3.63, 3.8) is 0 Å². The van der Waals surface area contributed by atoms with Gasteiger partial charge in [-0.1, -0.05) is 0 Å². The molecule has 0 amide bonds. The minimum Gasteiger partial charge on any atom is -0.492 e. The summed E-state index contributed by atoms with van der Waals surface area (Å²) in [6.07, 6.45) is 1.02. The van der Waals surface area contributed by atoms with Gasteiger partial charge in [-0.25, -0.2) is 0 Å². The zero-order valence-electron chi connectivity index (χ0n) is 14.1. The SMILES string of the molecule is COc1c(C)c(CN2CCC(N)C2)c(OC)c(OC)c1OC. The summed E-state index contributed by atoms with van der Waals surface area (Å²) in [5.41, 5.74) is 8.05. The van der Waals surface area contributed by atoms with E-state index in [1.807, 2.05) is 6.92 Å². The van der Waals surface area contributed by atoms with Crippen molar-refractivity contribution in [2.24, 2.45) is 5.73 Å². The molecule has 22 heavy (non-hydrogen) atoms. The molecule has 0 spiro atoms. The summed E-state index contributed by atoms with van der Waals surface area (Å²) in [5, 5.41) is 0. The van der Waals surface area contributed by atoms with Gasteiger partial charge >= 0.3 is 0 Å². The van der Waals surface area contributed by atoms with Gasteiger partial charge in [0.2, 0.25) is 11.5 Å². The first-order valence-corrected chi connectivity index (χ1v) is 7.40. The van der Waals surface area contributed by atoms with Crippen LogP contribution in [0.1, 0.15) is 17.5 Å². The Morgan fingerprint density at radius 2 is 1.50 bits per heavy atom. The number of nitrogens with zero attached hydrogens (tertiary/aromatic N) is 1. The van der Waals surface area contributed by atoms with Crippen molar-refractivity contribution in [2.45, 2.75) is 25.9 Å². The second kappa shape index (κ2) is 7.07. The van der Waals surface area contributed by atoms with Crippen LogP contribution in [0.4, 0.5) is 0 Å². The lowest BCUT2D eigenvalue weighted by Gasteiger charge is -2.24. The van der Waals surface area contributed by atoms with E-state index in [-0.39, 0.29) is 6.04 Å². The van der Waals surface area contributed by atoms with Crippen LogP contribution in [-0.4, -0.2) is 52.5 Å². The molecule has 1 fully saturated rings. The normalized spacial score (nSPS) is 18.4. The van der Waals surface area contributed by atoms with E-state index >= 15 is 0 Å². The van der Waals surface area contributed by atoms with Crippen LogP contribution < -0.4 is 24.7 Å². The fourth-order valence-corrected chi connectivity index (χ4v) is 3.07. The highest BCUT2D eigenvalue weighted by molar-refractivity contribution is 5.66. The molecule has 0 saturated carbocycles. The van der Waals surface area contributed by atoms with Crippen molar-refractivity contribution in [3.8, 4) is 23.0 Å². The van der Waals surface area contributed by atoms with Crippen LogP contribution in [0.15, 0.2) is 0 Å². The first-order chi connectivity index (χ1) is 10.6. The second-order valence-electron chi connectivity index (χ2n) is 5.52. The minimum absolute atomic E-state index is 0.244. The van der Waals surface area contributed by atoms with Crippen LogP contribution in [0.25, 0.3) is 0 Å². The molecule has 0 radical (unpaired) electrons. The zero-order chi connectivity index (χ0) is 16.3. The first kappa shape index (κ1) is 16.7. The van der Waals surface area contributed by atoms with E-state index in [4.69, 9.17) is 24.7 Å². The molecule has 0 aromatic heterocycles. The fraction of sp³-hybridized carbons (Fsp3) is 0.625. The maximum absolute atomic E-state index is 6.00. The van der Waals surface area contributed by atoms with Crippen LogP contribution in [0.3, 0.4) is 0 Å². The van der Waals surface area contributed by atoms with Gasteiger partial charge in [0.05, 0.1) is 28.4 Å². The maximum atomic E-state index is 6.00. The van der Waals surface area contributed by atoms with Crippen molar-refractivity contribution in [1.29, 1.82) is 0 Å². The Morgan fingerprint density at radius 1 is 0.955 bits per heavy atom. The molecule has 0 bridgehead atoms. The van der Waals surface area contributed by atoms with Crippen LogP contribution in [-0.2, 0) is 6.54 Å². The topological polar surface area (TPSA) is 66.2 Å². The average Bonchev–Trinajstić information content (AvgIpc) is 2.93. The molecule has 1 unspecified atom stereocenters. The lowest BCUT2D eigenvalue weighted by Crippen LogP contribution is -2.26. The average molecular weight is 310 g/mol. The molecule has 1 aromatic rings.